The Kier molecular flexibility index (Phi) is 7.04. The molecule has 2 aromatic rings. The molecule has 5 nitrogen and oxygen atoms in total. The molecule has 2 aromatic carbocycles. The highest BCUT2D eigenvalue weighted by atomic mass is 32.2. The third-order valence-electron chi connectivity index (χ3n) is 4.75. The van der Waals surface area contributed by atoms with Gasteiger partial charge in [0.05, 0.1) is 11.3 Å². The maximum Gasteiger partial charge on any atom is 0.416 e. The van der Waals surface area contributed by atoms with E-state index in [1.54, 1.807) is 19.1 Å². The van der Waals surface area contributed by atoms with Crippen LogP contribution in [0, 0.1) is 0 Å². The van der Waals surface area contributed by atoms with Crippen LogP contribution in [-0.2, 0) is 22.2 Å². The van der Waals surface area contributed by atoms with Gasteiger partial charge in [0.1, 0.15) is 5.25 Å². The largest absolute Gasteiger partial charge is 0.416 e. The molecule has 1 heterocycles. The van der Waals surface area contributed by atoms with Crippen LogP contribution in [0.5, 0.6) is 0 Å². The van der Waals surface area contributed by atoms with Crippen LogP contribution in [0.2, 0.25) is 0 Å². The van der Waals surface area contributed by atoms with Crippen molar-refractivity contribution in [2.75, 3.05) is 11.9 Å². The molecule has 1 saturated heterocycles. The van der Waals surface area contributed by atoms with Gasteiger partial charge < -0.3 is 5.32 Å². The van der Waals surface area contributed by atoms with Crippen molar-refractivity contribution < 1.29 is 22.8 Å². The van der Waals surface area contributed by atoms with Crippen molar-refractivity contribution in [2.45, 2.75) is 38.1 Å². The van der Waals surface area contributed by atoms with E-state index in [-0.39, 0.29) is 29.1 Å². The fraction of sp³-hybridized carbons (Fsp3) is 0.318. The molecule has 9 heteroatoms. The summed E-state index contributed by atoms with van der Waals surface area (Å²) in [7, 11) is 0. The summed E-state index contributed by atoms with van der Waals surface area (Å²) in [5, 5.41) is 2.38. The van der Waals surface area contributed by atoms with Crippen LogP contribution in [0.3, 0.4) is 0 Å². The van der Waals surface area contributed by atoms with Crippen molar-refractivity contribution in [3.8, 4) is 0 Å². The minimum Gasteiger partial charge on any atom is -0.326 e. The maximum atomic E-state index is 13.0. The Morgan fingerprint density at radius 2 is 1.87 bits per heavy atom. The number of amides is 2. The maximum absolute atomic E-state index is 13.0. The monoisotopic (exact) mass is 449 g/mol. The molecule has 1 N–H and O–H groups in total. The molecular weight excluding hydrogens is 427 g/mol. The number of anilines is 1. The number of hydrogen-bond donors (Lipinski definition) is 1. The quantitative estimate of drug-likeness (QED) is 0.655. The van der Waals surface area contributed by atoms with Gasteiger partial charge in [-0.3, -0.25) is 14.5 Å². The van der Waals surface area contributed by atoms with Crippen molar-refractivity contribution >= 4 is 40.1 Å². The number of halogens is 3. The summed E-state index contributed by atoms with van der Waals surface area (Å²) in [6.45, 7) is 4.09. The van der Waals surface area contributed by atoms with E-state index in [2.05, 4.69) is 10.3 Å². The highest BCUT2D eigenvalue weighted by Crippen LogP contribution is 2.34. The fourth-order valence-electron chi connectivity index (χ4n) is 3.08. The van der Waals surface area contributed by atoms with E-state index in [9.17, 15) is 22.8 Å². The average molecular weight is 449 g/mol. The Labute approximate surface area is 182 Å². The summed E-state index contributed by atoms with van der Waals surface area (Å²) in [5.41, 5.74) is 1.08. The molecule has 3 rings (SSSR count). The highest BCUT2D eigenvalue weighted by Gasteiger charge is 2.38. The minimum atomic E-state index is -4.48. The van der Waals surface area contributed by atoms with Gasteiger partial charge >= 0.3 is 6.18 Å². The van der Waals surface area contributed by atoms with Crippen LogP contribution in [0.15, 0.2) is 53.5 Å². The summed E-state index contributed by atoms with van der Waals surface area (Å²) in [5.74, 6) is -0.596. The van der Waals surface area contributed by atoms with Gasteiger partial charge in [0, 0.05) is 18.7 Å². The smallest absolute Gasteiger partial charge is 0.326 e. The molecule has 0 bridgehead atoms. The normalized spacial score (nSPS) is 18.0. The molecule has 1 aliphatic heterocycles. The first kappa shape index (κ1) is 22.9. The van der Waals surface area contributed by atoms with E-state index >= 15 is 0 Å². The summed E-state index contributed by atoms with van der Waals surface area (Å²) in [6.07, 6.45) is -3.64. The summed E-state index contributed by atoms with van der Waals surface area (Å²) in [6, 6.07) is 12.1. The van der Waals surface area contributed by atoms with E-state index in [4.69, 9.17) is 0 Å². The molecule has 164 valence electrons. The fourth-order valence-corrected chi connectivity index (χ4v) is 4.30. The number of carbonyl (C=O) groups excluding carboxylic acids is 2. The number of benzene rings is 2. The van der Waals surface area contributed by atoms with Crippen molar-refractivity contribution in [3.05, 3.63) is 59.7 Å². The molecule has 0 aromatic heterocycles. The second kappa shape index (κ2) is 9.55. The van der Waals surface area contributed by atoms with Gasteiger partial charge in [-0.2, -0.15) is 13.2 Å². The summed E-state index contributed by atoms with van der Waals surface area (Å²) < 4.78 is 38.9. The van der Waals surface area contributed by atoms with Crippen molar-refractivity contribution in [3.63, 3.8) is 0 Å². The number of thioether (sulfide) groups is 1. The zero-order valence-electron chi connectivity index (χ0n) is 17.1. The van der Waals surface area contributed by atoms with Crippen LogP contribution in [0.1, 0.15) is 31.4 Å². The first-order valence-corrected chi connectivity index (χ1v) is 10.7. The van der Waals surface area contributed by atoms with Gasteiger partial charge in [0.15, 0.2) is 5.17 Å². The number of hydrogen-bond acceptors (Lipinski definition) is 4. The molecule has 2 amide bonds. The van der Waals surface area contributed by atoms with Crippen molar-refractivity contribution in [2.24, 2.45) is 4.99 Å². The lowest BCUT2D eigenvalue weighted by molar-refractivity contribution is -0.137. The standard InChI is InChI=1S/C22H22F3N3O2S/c1-3-14-8-10-16(11-9-14)26-19(29)13-18-20(30)28(4-2)21(31-18)27-17-7-5-6-15(12-17)22(23,24)25/h5-12,18H,3-4,13H2,1-2H3,(H,26,29). The molecule has 0 saturated carbocycles. The minimum absolute atomic E-state index is 0.0584. The van der Waals surface area contributed by atoms with Gasteiger partial charge in [-0.1, -0.05) is 36.9 Å². The van der Waals surface area contributed by atoms with Crippen molar-refractivity contribution in [1.29, 1.82) is 0 Å². The number of aryl methyl sites for hydroxylation is 1. The summed E-state index contributed by atoms with van der Waals surface area (Å²) in [4.78, 5) is 30.8. The van der Waals surface area contributed by atoms with E-state index in [1.807, 2.05) is 19.1 Å². The van der Waals surface area contributed by atoms with Crippen LogP contribution >= 0.6 is 11.8 Å². The van der Waals surface area contributed by atoms with Gasteiger partial charge in [-0.05, 0) is 49.2 Å². The Morgan fingerprint density at radius 3 is 2.48 bits per heavy atom. The molecular formula is C22H22F3N3O2S. The molecule has 1 unspecified atom stereocenters. The predicted molar refractivity (Wildman–Crippen MR) is 116 cm³/mol. The summed E-state index contributed by atoms with van der Waals surface area (Å²) >= 11 is 1.09. The third-order valence-corrected chi connectivity index (χ3v) is 5.93. The number of rotatable bonds is 6. The van der Waals surface area contributed by atoms with E-state index in [1.165, 1.54) is 17.0 Å². The molecule has 0 spiro atoms. The molecule has 0 radical (unpaired) electrons. The highest BCUT2D eigenvalue weighted by molar-refractivity contribution is 8.15. The zero-order chi connectivity index (χ0) is 22.6. The molecule has 1 aliphatic rings. The van der Waals surface area contributed by atoms with Crippen LogP contribution in [-0.4, -0.2) is 33.7 Å². The van der Waals surface area contributed by atoms with Gasteiger partial charge in [0.25, 0.3) is 0 Å². The topological polar surface area (TPSA) is 61.8 Å². The third kappa shape index (κ3) is 5.66. The van der Waals surface area contributed by atoms with E-state index in [0.717, 1.165) is 35.9 Å². The number of alkyl halides is 3. The van der Waals surface area contributed by atoms with Gasteiger partial charge in [0.2, 0.25) is 11.8 Å². The zero-order valence-corrected chi connectivity index (χ0v) is 17.9. The van der Waals surface area contributed by atoms with Crippen molar-refractivity contribution in [1.82, 2.24) is 4.90 Å². The van der Waals surface area contributed by atoms with Crippen LogP contribution in [0.25, 0.3) is 0 Å². The lowest BCUT2D eigenvalue weighted by atomic mass is 10.1. The van der Waals surface area contributed by atoms with E-state index < -0.39 is 17.0 Å². The number of amidine groups is 1. The number of aliphatic imine (C=N–C) groups is 1. The first-order chi connectivity index (χ1) is 14.7. The SMILES string of the molecule is CCc1ccc(NC(=O)CC2SC(=Nc3cccc(C(F)(F)F)c3)N(CC)C2=O)cc1. The van der Waals surface area contributed by atoms with Gasteiger partial charge in [-0.15, -0.1) is 0 Å². The average Bonchev–Trinajstić information content (AvgIpc) is 3.02. The Bertz CT molecular complexity index is 990. The molecule has 0 aliphatic carbocycles. The molecule has 31 heavy (non-hydrogen) atoms. The molecule has 1 fully saturated rings. The predicted octanol–water partition coefficient (Wildman–Crippen LogP) is 5.25. The first-order valence-electron chi connectivity index (χ1n) is 9.84. The number of carbonyl (C=O) groups is 2. The van der Waals surface area contributed by atoms with Crippen LogP contribution in [0.4, 0.5) is 24.5 Å². The lowest BCUT2D eigenvalue weighted by Crippen LogP contribution is -2.33. The molecule has 1 atom stereocenters. The second-order valence-corrected chi connectivity index (χ2v) is 8.10. The number of nitrogens with zero attached hydrogens (tertiary/aromatic N) is 2. The van der Waals surface area contributed by atoms with E-state index in [0.29, 0.717) is 12.2 Å². The van der Waals surface area contributed by atoms with Crippen LogP contribution < -0.4 is 5.32 Å². The Hall–Kier alpha value is -2.81. The number of nitrogens with one attached hydrogen (secondary N) is 1. The Morgan fingerprint density at radius 1 is 1.16 bits per heavy atom. The second-order valence-electron chi connectivity index (χ2n) is 6.93. The lowest BCUT2D eigenvalue weighted by Gasteiger charge is -2.13. The Balaban J connectivity index is 1.72. The van der Waals surface area contributed by atoms with Gasteiger partial charge in [-0.25, -0.2) is 4.99 Å².